The van der Waals surface area contributed by atoms with Gasteiger partial charge in [-0.25, -0.2) is 14.8 Å². The number of aromatic nitrogens is 2. The molecule has 0 radical (unpaired) electrons. The lowest BCUT2D eigenvalue weighted by molar-refractivity contribution is -0.137. The highest BCUT2D eigenvalue weighted by Crippen LogP contribution is 2.30. The van der Waals surface area contributed by atoms with E-state index < -0.39 is 11.7 Å². The average molecular weight is 474 g/mol. The molecule has 11 heteroatoms. The van der Waals surface area contributed by atoms with Gasteiger partial charge in [0.2, 0.25) is 5.88 Å². The minimum absolute atomic E-state index is 0.0223. The van der Waals surface area contributed by atoms with Crippen LogP contribution in [0, 0.1) is 0 Å². The van der Waals surface area contributed by atoms with E-state index >= 15 is 0 Å². The lowest BCUT2D eigenvalue weighted by Gasteiger charge is -2.33. The van der Waals surface area contributed by atoms with E-state index in [1.165, 1.54) is 0 Å². The van der Waals surface area contributed by atoms with E-state index in [9.17, 15) is 22.8 Å². The molecule has 0 N–H and O–H groups in total. The van der Waals surface area contributed by atoms with E-state index in [4.69, 9.17) is 9.47 Å². The van der Waals surface area contributed by atoms with Gasteiger partial charge in [-0.1, -0.05) is 6.07 Å². The van der Waals surface area contributed by atoms with Crippen LogP contribution in [-0.2, 0) is 10.9 Å². The summed E-state index contributed by atoms with van der Waals surface area (Å²) in [5.74, 6) is 0.157. The molecular weight excluding hydrogens is 453 g/mol. The number of alkyl halides is 3. The van der Waals surface area contributed by atoms with E-state index in [2.05, 4.69) is 9.97 Å². The van der Waals surface area contributed by atoms with Crippen molar-refractivity contribution in [3.05, 3.63) is 59.9 Å². The third kappa shape index (κ3) is 5.19. The summed E-state index contributed by atoms with van der Waals surface area (Å²) in [7, 11) is 0. The molecule has 1 saturated heterocycles. The first-order valence-electron chi connectivity index (χ1n) is 10.6. The molecule has 3 aromatic rings. The van der Waals surface area contributed by atoms with Gasteiger partial charge in [0.15, 0.2) is 0 Å². The maximum Gasteiger partial charge on any atom is 0.417 e. The molecule has 1 aromatic carbocycles. The summed E-state index contributed by atoms with van der Waals surface area (Å²) in [5.41, 5.74) is -0.0269. The predicted octanol–water partition coefficient (Wildman–Crippen LogP) is 4.36. The number of pyridine rings is 2. The first-order valence-corrected chi connectivity index (χ1v) is 10.6. The molecule has 1 aliphatic heterocycles. The summed E-state index contributed by atoms with van der Waals surface area (Å²) in [6.45, 7) is 3.57. The standard InChI is InChI=1S/C23H21F3N4O4/c1-2-33-22(32)30-11-9-29(10-12-30)21(31)19-6-3-15-13-17(5-7-18(15)28-19)34-20-8-4-16(14-27-20)23(24,25)26/h3-8,13-14H,2,9-12H2,1H3. The van der Waals surface area contributed by atoms with Crippen molar-refractivity contribution in [2.45, 2.75) is 13.1 Å². The van der Waals surface area contributed by atoms with Crippen LogP contribution >= 0.6 is 0 Å². The van der Waals surface area contributed by atoms with Crippen LogP contribution in [0.4, 0.5) is 18.0 Å². The largest absolute Gasteiger partial charge is 0.450 e. The molecule has 0 atom stereocenters. The summed E-state index contributed by atoms with van der Waals surface area (Å²) in [4.78, 5) is 36.0. The maximum absolute atomic E-state index is 12.9. The molecule has 0 aliphatic carbocycles. The number of halogens is 3. The van der Waals surface area contributed by atoms with E-state index in [0.717, 1.165) is 12.1 Å². The second-order valence-electron chi connectivity index (χ2n) is 7.51. The van der Waals surface area contributed by atoms with Crippen molar-refractivity contribution in [1.82, 2.24) is 19.8 Å². The molecule has 34 heavy (non-hydrogen) atoms. The number of nitrogens with zero attached hydrogens (tertiary/aromatic N) is 4. The molecular formula is C23H21F3N4O4. The second-order valence-corrected chi connectivity index (χ2v) is 7.51. The van der Waals surface area contributed by atoms with Crippen molar-refractivity contribution in [3.63, 3.8) is 0 Å². The second kappa shape index (κ2) is 9.54. The van der Waals surface area contributed by atoms with E-state index in [0.29, 0.717) is 55.6 Å². The molecule has 4 rings (SSSR count). The zero-order valence-corrected chi connectivity index (χ0v) is 18.2. The van der Waals surface area contributed by atoms with Gasteiger partial charge in [0.25, 0.3) is 5.91 Å². The summed E-state index contributed by atoms with van der Waals surface area (Å²) in [6.07, 6.45) is -4.14. The fourth-order valence-corrected chi connectivity index (χ4v) is 3.48. The first kappa shape index (κ1) is 23.3. The van der Waals surface area contributed by atoms with Crippen LogP contribution in [0.5, 0.6) is 11.6 Å². The van der Waals surface area contributed by atoms with Crippen LogP contribution in [0.15, 0.2) is 48.7 Å². The Balaban J connectivity index is 1.42. The number of hydrogen-bond acceptors (Lipinski definition) is 6. The molecule has 0 unspecified atom stereocenters. The Labute approximate surface area is 192 Å². The third-order valence-electron chi connectivity index (χ3n) is 5.26. The number of carbonyl (C=O) groups excluding carboxylic acids is 2. The molecule has 2 amide bonds. The number of ether oxygens (including phenoxy) is 2. The Morgan fingerprint density at radius 3 is 2.38 bits per heavy atom. The number of rotatable bonds is 4. The smallest absolute Gasteiger partial charge is 0.417 e. The summed E-state index contributed by atoms with van der Waals surface area (Å²) in [5, 5.41) is 0.688. The molecule has 178 valence electrons. The van der Waals surface area contributed by atoms with Crippen molar-refractivity contribution >= 4 is 22.9 Å². The highest BCUT2D eigenvalue weighted by molar-refractivity contribution is 5.95. The summed E-state index contributed by atoms with van der Waals surface area (Å²) >= 11 is 0. The van der Waals surface area contributed by atoms with Crippen molar-refractivity contribution in [1.29, 1.82) is 0 Å². The normalized spacial score (nSPS) is 14.2. The van der Waals surface area contributed by atoms with Crippen LogP contribution in [0.3, 0.4) is 0 Å². The molecule has 0 bridgehead atoms. The molecule has 0 saturated carbocycles. The average Bonchev–Trinajstić information content (AvgIpc) is 2.83. The topological polar surface area (TPSA) is 84.9 Å². The van der Waals surface area contributed by atoms with Crippen LogP contribution in [-0.4, -0.2) is 64.6 Å². The van der Waals surface area contributed by atoms with Gasteiger partial charge in [0.1, 0.15) is 11.4 Å². The lowest BCUT2D eigenvalue weighted by atomic mass is 10.1. The zero-order valence-electron chi connectivity index (χ0n) is 18.2. The van der Waals surface area contributed by atoms with E-state index in [1.54, 1.807) is 47.1 Å². The fourth-order valence-electron chi connectivity index (χ4n) is 3.48. The number of piperazine rings is 1. The number of fused-ring (bicyclic) bond motifs is 1. The van der Waals surface area contributed by atoms with Gasteiger partial charge in [0.05, 0.1) is 17.7 Å². The fraction of sp³-hybridized carbons (Fsp3) is 0.304. The Bertz CT molecular complexity index is 1190. The minimum atomic E-state index is -4.47. The van der Waals surface area contributed by atoms with Crippen molar-refractivity contribution in [3.8, 4) is 11.6 Å². The van der Waals surface area contributed by atoms with Gasteiger partial charge in [-0.15, -0.1) is 0 Å². The van der Waals surface area contributed by atoms with E-state index in [1.807, 2.05) is 0 Å². The summed E-state index contributed by atoms with van der Waals surface area (Å²) < 4.78 is 48.6. The minimum Gasteiger partial charge on any atom is -0.450 e. The van der Waals surface area contributed by atoms with Gasteiger partial charge in [0, 0.05) is 43.8 Å². The monoisotopic (exact) mass is 474 g/mol. The van der Waals surface area contributed by atoms with E-state index in [-0.39, 0.29) is 23.6 Å². The van der Waals surface area contributed by atoms with Crippen molar-refractivity contribution < 1.29 is 32.2 Å². The maximum atomic E-state index is 12.9. The molecule has 2 aromatic heterocycles. The molecule has 1 aliphatic rings. The van der Waals surface area contributed by atoms with Crippen molar-refractivity contribution in [2.75, 3.05) is 32.8 Å². The molecule has 0 spiro atoms. The van der Waals surface area contributed by atoms with Crippen LogP contribution in [0.25, 0.3) is 10.9 Å². The first-order chi connectivity index (χ1) is 16.2. The molecule has 1 fully saturated rings. The van der Waals surface area contributed by atoms with Crippen molar-refractivity contribution in [2.24, 2.45) is 0 Å². The Hall–Kier alpha value is -3.89. The number of amides is 2. The predicted molar refractivity (Wildman–Crippen MR) is 116 cm³/mol. The van der Waals surface area contributed by atoms with Gasteiger partial charge < -0.3 is 19.3 Å². The zero-order chi connectivity index (χ0) is 24.3. The highest BCUT2D eigenvalue weighted by atomic mass is 19.4. The van der Waals surface area contributed by atoms with Gasteiger partial charge >= 0.3 is 12.3 Å². The Morgan fingerprint density at radius 2 is 1.74 bits per heavy atom. The molecule has 3 heterocycles. The molecule has 8 nitrogen and oxygen atoms in total. The number of carbonyl (C=O) groups is 2. The Kier molecular flexibility index (Phi) is 6.53. The number of benzene rings is 1. The van der Waals surface area contributed by atoms with Gasteiger partial charge in [-0.05, 0) is 37.3 Å². The third-order valence-corrected chi connectivity index (χ3v) is 5.26. The highest BCUT2D eigenvalue weighted by Gasteiger charge is 2.31. The number of hydrogen-bond donors (Lipinski definition) is 0. The summed E-state index contributed by atoms with van der Waals surface area (Å²) in [6, 6.07) is 10.3. The quantitative estimate of drug-likeness (QED) is 0.559. The van der Waals surface area contributed by atoms with Gasteiger partial charge in [-0.3, -0.25) is 4.79 Å². The van der Waals surface area contributed by atoms with Gasteiger partial charge in [-0.2, -0.15) is 13.2 Å². The SMILES string of the molecule is CCOC(=O)N1CCN(C(=O)c2ccc3cc(Oc4ccc(C(F)(F)F)cn4)ccc3n2)CC1. The Morgan fingerprint density at radius 1 is 1.00 bits per heavy atom. The van der Waals surface area contributed by atoms with Crippen LogP contribution in [0.2, 0.25) is 0 Å². The lowest BCUT2D eigenvalue weighted by Crippen LogP contribution is -2.50. The van der Waals surface area contributed by atoms with Crippen LogP contribution < -0.4 is 4.74 Å². The van der Waals surface area contributed by atoms with Crippen LogP contribution in [0.1, 0.15) is 23.0 Å².